The summed E-state index contributed by atoms with van der Waals surface area (Å²) < 4.78 is 0.644. The standard InChI is InChI=1S/C20H19BrN2O2/c21-14-10-15(23-11-6-2-1-3-7-11)16-17(18(14)22)20(25)13-9-5-4-8-12(13)19(16)24/h4-5,8-11,23H,1-3,6-7,22H2. The zero-order valence-electron chi connectivity index (χ0n) is 13.8. The molecule has 2 aliphatic rings. The second-order valence-corrected chi connectivity index (χ2v) is 7.61. The van der Waals surface area contributed by atoms with Gasteiger partial charge >= 0.3 is 0 Å². The lowest BCUT2D eigenvalue weighted by atomic mass is 9.82. The summed E-state index contributed by atoms with van der Waals surface area (Å²) in [7, 11) is 0. The topological polar surface area (TPSA) is 72.2 Å². The van der Waals surface area contributed by atoms with Gasteiger partial charge in [0.15, 0.2) is 11.6 Å². The van der Waals surface area contributed by atoms with Crippen LogP contribution in [-0.4, -0.2) is 17.6 Å². The number of halogens is 1. The second kappa shape index (κ2) is 6.30. The van der Waals surface area contributed by atoms with Gasteiger partial charge in [-0.15, -0.1) is 0 Å². The number of nitrogens with one attached hydrogen (secondary N) is 1. The Labute approximate surface area is 154 Å². The minimum atomic E-state index is -0.185. The van der Waals surface area contributed by atoms with Gasteiger partial charge in [0, 0.05) is 27.3 Å². The van der Waals surface area contributed by atoms with Gasteiger partial charge in [0.1, 0.15) is 0 Å². The van der Waals surface area contributed by atoms with Gasteiger partial charge in [-0.3, -0.25) is 9.59 Å². The maximum atomic E-state index is 13.1. The number of hydrogen-bond donors (Lipinski definition) is 2. The Balaban J connectivity index is 1.86. The molecular formula is C20H19BrN2O2. The number of carbonyl (C=O) groups excluding carboxylic acids is 2. The lowest BCUT2D eigenvalue weighted by Crippen LogP contribution is -2.28. The van der Waals surface area contributed by atoms with Crippen LogP contribution < -0.4 is 11.1 Å². The van der Waals surface area contributed by atoms with Crippen LogP contribution in [0.15, 0.2) is 34.8 Å². The van der Waals surface area contributed by atoms with Gasteiger partial charge in [-0.05, 0) is 34.8 Å². The molecule has 3 N–H and O–H groups in total. The van der Waals surface area contributed by atoms with Crippen molar-refractivity contribution in [3.8, 4) is 0 Å². The van der Waals surface area contributed by atoms with Gasteiger partial charge < -0.3 is 11.1 Å². The number of benzene rings is 2. The number of rotatable bonds is 2. The maximum Gasteiger partial charge on any atom is 0.196 e. The first-order valence-electron chi connectivity index (χ1n) is 8.65. The highest BCUT2D eigenvalue weighted by Gasteiger charge is 2.34. The van der Waals surface area contributed by atoms with Crippen LogP contribution in [0.2, 0.25) is 0 Å². The third-order valence-electron chi connectivity index (χ3n) is 5.15. The first kappa shape index (κ1) is 16.3. The van der Waals surface area contributed by atoms with Crippen molar-refractivity contribution in [2.24, 2.45) is 0 Å². The number of nitrogens with two attached hydrogens (primary N) is 1. The largest absolute Gasteiger partial charge is 0.397 e. The third-order valence-corrected chi connectivity index (χ3v) is 5.81. The molecule has 0 spiro atoms. The quantitative estimate of drug-likeness (QED) is 0.620. The first-order valence-corrected chi connectivity index (χ1v) is 9.44. The van der Waals surface area contributed by atoms with Crippen LogP contribution in [-0.2, 0) is 0 Å². The highest BCUT2D eigenvalue weighted by Crippen LogP contribution is 2.40. The Kier molecular flexibility index (Phi) is 4.12. The van der Waals surface area contributed by atoms with Gasteiger partial charge in [-0.2, -0.15) is 0 Å². The van der Waals surface area contributed by atoms with Crippen LogP contribution >= 0.6 is 15.9 Å². The molecule has 2 aromatic rings. The summed E-state index contributed by atoms with van der Waals surface area (Å²) in [6, 6.07) is 9.11. The molecule has 0 saturated heterocycles. The van der Waals surface area contributed by atoms with Crippen molar-refractivity contribution in [3.05, 3.63) is 57.1 Å². The summed E-state index contributed by atoms with van der Waals surface area (Å²) >= 11 is 3.45. The van der Waals surface area contributed by atoms with Crippen molar-refractivity contribution in [2.75, 3.05) is 11.1 Å². The first-order chi connectivity index (χ1) is 12.1. The van der Waals surface area contributed by atoms with Crippen LogP contribution in [0.4, 0.5) is 11.4 Å². The van der Waals surface area contributed by atoms with Gasteiger partial charge in [0.05, 0.1) is 16.8 Å². The van der Waals surface area contributed by atoms with Crippen molar-refractivity contribution in [1.29, 1.82) is 0 Å². The van der Waals surface area contributed by atoms with E-state index in [1.54, 1.807) is 24.3 Å². The Morgan fingerprint density at radius 2 is 1.56 bits per heavy atom. The van der Waals surface area contributed by atoms with E-state index in [9.17, 15) is 9.59 Å². The summed E-state index contributed by atoms with van der Waals surface area (Å²) in [5.74, 6) is -0.321. The monoisotopic (exact) mass is 398 g/mol. The fourth-order valence-electron chi connectivity index (χ4n) is 3.87. The normalized spacial score (nSPS) is 17.2. The van der Waals surface area contributed by atoms with E-state index in [4.69, 9.17) is 5.73 Å². The van der Waals surface area contributed by atoms with E-state index in [-0.39, 0.29) is 11.6 Å². The molecule has 4 nitrogen and oxygen atoms in total. The molecule has 0 bridgehead atoms. The van der Waals surface area contributed by atoms with E-state index in [1.807, 2.05) is 6.07 Å². The predicted molar refractivity (Wildman–Crippen MR) is 102 cm³/mol. The highest BCUT2D eigenvalue weighted by atomic mass is 79.9. The number of anilines is 2. The molecule has 0 radical (unpaired) electrons. The van der Waals surface area contributed by atoms with Crippen molar-refractivity contribution >= 4 is 38.9 Å². The van der Waals surface area contributed by atoms with E-state index in [1.165, 1.54) is 19.3 Å². The van der Waals surface area contributed by atoms with Crippen molar-refractivity contribution in [2.45, 2.75) is 38.1 Å². The molecule has 1 fully saturated rings. The van der Waals surface area contributed by atoms with E-state index >= 15 is 0 Å². The van der Waals surface area contributed by atoms with E-state index in [0.29, 0.717) is 44.1 Å². The average molecular weight is 399 g/mol. The van der Waals surface area contributed by atoms with Crippen LogP contribution in [0.3, 0.4) is 0 Å². The zero-order chi connectivity index (χ0) is 17.6. The fourth-order valence-corrected chi connectivity index (χ4v) is 4.29. The molecule has 0 unspecified atom stereocenters. The Hall–Kier alpha value is -2.14. The summed E-state index contributed by atoms with van der Waals surface area (Å²) in [6.45, 7) is 0. The summed E-state index contributed by atoms with van der Waals surface area (Å²) in [5.41, 5.74) is 8.81. The number of hydrogen-bond acceptors (Lipinski definition) is 4. The molecule has 4 rings (SSSR count). The molecule has 1 saturated carbocycles. The van der Waals surface area contributed by atoms with Gasteiger partial charge in [-0.1, -0.05) is 43.5 Å². The SMILES string of the molecule is Nc1c(Br)cc(NC2CCCCC2)c2c1C(=O)c1ccccc1C2=O. The zero-order valence-corrected chi connectivity index (χ0v) is 15.4. The van der Waals surface area contributed by atoms with Crippen LogP contribution in [0.25, 0.3) is 0 Å². The number of ketones is 2. The fraction of sp³-hybridized carbons (Fsp3) is 0.300. The Morgan fingerprint density at radius 1 is 0.960 bits per heavy atom. The van der Waals surface area contributed by atoms with Gasteiger partial charge in [-0.25, -0.2) is 0 Å². The lowest BCUT2D eigenvalue weighted by molar-refractivity contribution is 0.0980. The molecule has 128 valence electrons. The number of carbonyl (C=O) groups is 2. The van der Waals surface area contributed by atoms with Crippen LogP contribution in [0.5, 0.6) is 0 Å². The Morgan fingerprint density at radius 3 is 2.20 bits per heavy atom. The minimum absolute atomic E-state index is 0.136. The average Bonchev–Trinajstić information content (AvgIpc) is 2.63. The molecule has 25 heavy (non-hydrogen) atoms. The molecule has 2 aliphatic carbocycles. The van der Waals surface area contributed by atoms with Crippen molar-refractivity contribution in [3.63, 3.8) is 0 Å². The van der Waals surface area contributed by atoms with Gasteiger partial charge in [0.25, 0.3) is 0 Å². The summed E-state index contributed by atoms with van der Waals surface area (Å²) in [6.07, 6.45) is 5.79. The molecule has 0 aromatic heterocycles. The van der Waals surface area contributed by atoms with Crippen LogP contribution in [0.1, 0.15) is 63.9 Å². The van der Waals surface area contributed by atoms with Crippen molar-refractivity contribution < 1.29 is 9.59 Å². The molecule has 0 aliphatic heterocycles. The van der Waals surface area contributed by atoms with Crippen molar-refractivity contribution in [1.82, 2.24) is 0 Å². The third kappa shape index (κ3) is 2.67. The smallest absolute Gasteiger partial charge is 0.196 e. The molecule has 2 aromatic carbocycles. The highest BCUT2D eigenvalue weighted by molar-refractivity contribution is 9.10. The second-order valence-electron chi connectivity index (χ2n) is 6.75. The van der Waals surface area contributed by atoms with E-state index in [0.717, 1.165) is 12.8 Å². The Bertz CT molecular complexity index is 886. The molecule has 0 amide bonds. The minimum Gasteiger partial charge on any atom is -0.397 e. The molecular weight excluding hydrogens is 380 g/mol. The number of nitrogen functional groups attached to an aromatic ring is 1. The maximum absolute atomic E-state index is 13.1. The molecule has 5 heteroatoms. The predicted octanol–water partition coefficient (Wildman–Crippen LogP) is 4.55. The lowest BCUT2D eigenvalue weighted by Gasteiger charge is -2.28. The summed E-state index contributed by atoms with van der Waals surface area (Å²) in [5, 5.41) is 3.50. The van der Waals surface area contributed by atoms with Gasteiger partial charge in [0.2, 0.25) is 0 Å². The summed E-state index contributed by atoms with van der Waals surface area (Å²) in [4.78, 5) is 26.1. The number of fused-ring (bicyclic) bond motifs is 2. The van der Waals surface area contributed by atoms with Crippen LogP contribution in [0, 0.1) is 0 Å². The molecule has 0 atom stereocenters. The van der Waals surface area contributed by atoms with E-state index < -0.39 is 0 Å². The molecule has 0 heterocycles. The van der Waals surface area contributed by atoms with E-state index in [2.05, 4.69) is 21.2 Å².